The van der Waals surface area contributed by atoms with Crippen LogP contribution >= 0.6 is 23.8 Å². The van der Waals surface area contributed by atoms with Crippen molar-refractivity contribution in [2.75, 3.05) is 5.32 Å². The Bertz CT molecular complexity index is 689. The predicted molar refractivity (Wildman–Crippen MR) is 86.1 cm³/mol. The maximum Gasteiger partial charge on any atom is 0.228 e. The number of rotatable bonds is 4. The van der Waals surface area contributed by atoms with Gasteiger partial charge in [-0.3, -0.25) is 4.79 Å². The van der Waals surface area contributed by atoms with Gasteiger partial charge in [-0.15, -0.1) is 0 Å². The van der Waals surface area contributed by atoms with E-state index in [9.17, 15) is 9.18 Å². The van der Waals surface area contributed by atoms with Crippen LogP contribution in [-0.2, 0) is 11.2 Å². The van der Waals surface area contributed by atoms with E-state index in [0.717, 1.165) is 17.2 Å². The Morgan fingerprint density at radius 1 is 1.24 bits per heavy atom. The molecular weight excluding hydrogens is 311 g/mol. The van der Waals surface area contributed by atoms with E-state index in [0.29, 0.717) is 4.99 Å². The number of nitrogens with one attached hydrogen (secondary N) is 1. The van der Waals surface area contributed by atoms with E-state index in [1.165, 1.54) is 12.1 Å². The van der Waals surface area contributed by atoms with Gasteiger partial charge < -0.3 is 11.1 Å². The van der Waals surface area contributed by atoms with E-state index in [4.69, 9.17) is 29.6 Å². The van der Waals surface area contributed by atoms with E-state index in [1.54, 1.807) is 24.3 Å². The van der Waals surface area contributed by atoms with Crippen molar-refractivity contribution in [1.82, 2.24) is 0 Å². The second-order valence-electron chi connectivity index (χ2n) is 4.41. The normalized spacial score (nSPS) is 10.2. The monoisotopic (exact) mass is 322 g/mol. The molecule has 0 unspecified atom stereocenters. The number of hydrogen-bond donors (Lipinski definition) is 2. The van der Waals surface area contributed by atoms with Crippen LogP contribution in [0.3, 0.4) is 0 Å². The molecule has 3 N–H and O–H groups in total. The third kappa shape index (κ3) is 4.24. The highest BCUT2D eigenvalue weighted by Gasteiger charge is 2.08. The first-order valence-electron chi connectivity index (χ1n) is 6.09. The van der Waals surface area contributed by atoms with Crippen LogP contribution in [0.4, 0.5) is 10.1 Å². The maximum absolute atomic E-state index is 13.6. The Morgan fingerprint density at radius 3 is 2.48 bits per heavy atom. The second-order valence-corrected chi connectivity index (χ2v) is 5.29. The summed E-state index contributed by atoms with van der Waals surface area (Å²) >= 11 is 10.5. The zero-order valence-corrected chi connectivity index (χ0v) is 12.5. The van der Waals surface area contributed by atoms with Crippen molar-refractivity contribution in [3.8, 4) is 0 Å². The minimum absolute atomic E-state index is 0.101. The molecule has 0 aliphatic heterocycles. The van der Waals surface area contributed by atoms with Gasteiger partial charge in [-0.2, -0.15) is 0 Å². The zero-order chi connectivity index (χ0) is 15.4. The first kappa shape index (κ1) is 15.4. The van der Waals surface area contributed by atoms with Gasteiger partial charge in [0.25, 0.3) is 0 Å². The molecule has 6 heteroatoms. The molecule has 108 valence electrons. The molecule has 2 aromatic carbocycles. The number of nitrogens with two attached hydrogens (primary N) is 1. The zero-order valence-electron chi connectivity index (χ0n) is 10.9. The molecule has 2 rings (SSSR count). The average molecular weight is 323 g/mol. The Hall–Kier alpha value is -1.98. The van der Waals surface area contributed by atoms with Crippen LogP contribution in [0.25, 0.3) is 0 Å². The molecular formula is C15H12ClFN2OS. The Morgan fingerprint density at radius 2 is 1.90 bits per heavy atom. The summed E-state index contributed by atoms with van der Waals surface area (Å²) in [6.45, 7) is 0. The van der Waals surface area contributed by atoms with Gasteiger partial charge >= 0.3 is 0 Å². The van der Waals surface area contributed by atoms with Gasteiger partial charge in [0.15, 0.2) is 0 Å². The van der Waals surface area contributed by atoms with Crippen LogP contribution in [-0.4, -0.2) is 10.9 Å². The third-order valence-electron chi connectivity index (χ3n) is 2.81. The largest absolute Gasteiger partial charge is 0.389 e. The molecule has 3 nitrogen and oxygen atoms in total. The van der Waals surface area contributed by atoms with E-state index >= 15 is 0 Å². The van der Waals surface area contributed by atoms with Crippen molar-refractivity contribution in [3.05, 3.63) is 64.4 Å². The van der Waals surface area contributed by atoms with Crippen LogP contribution in [0, 0.1) is 5.82 Å². The minimum Gasteiger partial charge on any atom is -0.389 e. The van der Waals surface area contributed by atoms with E-state index in [-0.39, 0.29) is 23.0 Å². The first-order valence-corrected chi connectivity index (χ1v) is 6.88. The summed E-state index contributed by atoms with van der Waals surface area (Å²) in [6, 6.07) is 11.1. The van der Waals surface area contributed by atoms with Crippen LogP contribution < -0.4 is 11.1 Å². The van der Waals surface area contributed by atoms with Gasteiger partial charge in [0, 0.05) is 10.6 Å². The van der Waals surface area contributed by atoms with Gasteiger partial charge in [-0.05, 0) is 23.8 Å². The fourth-order valence-corrected chi connectivity index (χ4v) is 2.05. The molecule has 0 fully saturated rings. The Balaban J connectivity index is 2.02. The summed E-state index contributed by atoms with van der Waals surface area (Å²) in [7, 11) is 0. The van der Waals surface area contributed by atoms with Crippen LogP contribution in [0.5, 0.6) is 0 Å². The lowest BCUT2D eigenvalue weighted by molar-refractivity contribution is -0.115. The molecule has 2 aromatic rings. The van der Waals surface area contributed by atoms with Gasteiger partial charge in [0.1, 0.15) is 10.8 Å². The maximum atomic E-state index is 13.6. The van der Waals surface area contributed by atoms with Gasteiger partial charge in [-0.1, -0.05) is 48.1 Å². The third-order valence-corrected chi connectivity index (χ3v) is 3.28. The molecule has 0 aliphatic carbocycles. The number of amides is 1. The molecule has 0 heterocycles. The molecule has 0 bridgehead atoms. The highest BCUT2D eigenvalue weighted by Crippen LogP contribution is 2.19. The highest BCUT2D eigenvalue weighted by atomic mass is 35.5. The summed E-state index contributed by atoms with van der Waals surface area (Å²) in [5.41, 5.74) is 7.11. The summed E-state index contributed by atoms with van der Waals surface area (Å²) < 4.78 is 13.6. The van der Waals surface area contributed by atoms with Gasteiger partial charge in [0.2, 0.25) is 5.91 Å². The van der Waals surface area contributed by atoms with Crippen molar-refractivity contribution in [2.45, 2.75) is 6.42 Å². The lowest BCUT2D eigenvalue weighted by Gasteiger charge is -2.07. The average Bonchev–Trinajstić information content (AvgIpc) is 2.42. The molecule has 0 radical (unpaired) electrons. The number of benzene rings is 2. The summed E-state index contributed by atoms with van der Waals surface area (Å²) in [4.78, 5) is 12.2. The lowest BCUT2D eigenvalue weighted by atomic mass is 10.1. The van der Waals surface area contributed by atoms with E-state index in [2.05, 4.69) is 5.32 Å². The molecule has 0 aromatic heterocycles. The molecule has 1 amide bonds. The number of thiocarbonyl (C=S) groups is 1. The summed E-state index contributed by atoms with van der Waals surface area (Å²) in [6.07, 6.45) is 0.125. The summed E-state index contributed by atoms with van der Waals surface area (Å²) in [5, 5.41) is 2.78. The minimum atomic E-state index is -0.570. The van der Waals surface area contributed by atoms with Crippen molar-refractivity contribution in [1.29, 1.82) is 0 Å². The fourth-order valence-electron chi connectivity index (χ4n) is 1.76. The highest BCUT2D eigenvalue weighted by molar-refractivity contribution is 7.80. The second kappa shape index (κ2) is 6.65. The predicted octanol–water partition coefficient (Wildman–Crippen LogP) is 3.29. The molecule has 21 heavy (non-hydrogen) atoms. The SMILES string of the molecule is NC(=S)c1ccc(CC(=O)Nc2ccc(Cl)cc2F)cc1. The number of halogens is 2. The number of anilines is 1. The standard InChI is InChI=1S/C15H12ClFN2OS/c16-11-5-6-13(12(17)8-11)19-14(20)7-9-1-3-10(4-2-9)15(18)21/h1-6,8H,7H2,(H2,18,21)(H,19,20). The molecule has 0 spiro atoms. The fraction of sp³-hybridized carbons (Fsp3) is 0.0667. The quantitative estimate of drug-likeness (QED) is 0.849. The number of carbonyl (C=O) groups is 1. The van der Waals surface area contributed by atoms with Crippen molar-refractivity contribution in [2.24, 2.45) is 5.73 Å². The smallest absolute Gasteiger partial charge is 0.228 e. The first-order chi connectivity index (χ1) is 9.95. The topological polar surface area (TPSA) is 55.1 Å². The van der Waals surface area contributed by atoms with Crippen molar-refractivity contribution >= 4 is 40.4 Å². The number of carbonyl (C=O) groups excluding carboxylic acids is 1. The molecule has 0 saturated carbocycles. The molecule has 0 aliphatic rings. The summed E-state index contributed by atoms with van der Waals surface area (Å²) in [5.74, 6) is -0.890. The van der Waals surface area contributed by atoms with E-state index < -0.39 is 5.82 Å². The van der Waals surface area contributed by atoms with Crippen LogP contribution in [0.2, 0.25) is 5.02 Å². The van der Waals surface area contributed by atoms with Crippen LogP contribution in [0.1, 0.15) is 11.1 Å². The van der Waals surface area contributed by atoms with Gasteiger partial charge in [0.05, 0.1) is 12.1 Å². The van der Waals surface area contributed by atoms with Crippen molar-refractivity contribution in [3.63, 3.8) is 0 Å². The molecule has 0 atom stereocenters. The molecule has 0 saturated heterocycles. The lowest BCUT2D eigenvalue weighted by Crippen LogP contribution is -2.15. The number of hydrogen-bond acceptors (Lipinski definition) is 2. The van der Waals surface area contributed by atoms with Crippen LogP contribution in [0.15, 0.2) is 42.5 Å². The van der Waals surface area contributed by atoms with Gasteiger partial charge in [-0.25, -0.2) is 4.39 Å². The van der Waals surface area contributed by atoms with E-state index in [1.807, 2.05) is 0 Å². The Kier molecular flexibility index (Phi) is 4.88. The van der Waals surface area contributed by atoms with Crippen molar-refractivity contribution < 1.29 is 9.18 Å². The Labute approximate surface area is 131 Å².